The monoisotopic (exact) mass is 162 g/mol. The van der Waals surface area contributed by atoms with Gasteiger partial charge in [-0.2, -0.15) is 0 Å². The van der Waals surface area contributed by atoms with Crippen molar-refractivity contribution in [1.29, 1.82) is 0 Å². The second kappa shape index (κ2) is 6.56. The van der Waals surface area contributed by atoms with E-state index in [0.717, 1.165) is 0 Å². The maximum atomic E-state index is 2.23. The third-order valence-corrected chi connectivity index (χ3v) is 3.27. The Morgan fingerprint density at radius 3 is 2.56 bits per heavy atom. The molecule has 0 N–H and O–H groups in total. The number of rotatable bonds is 4. The molecular weight excluding hydrogens is 148 g/mol. The van der Waals surface area contributed by atoms with Gasteiger partial charge in [0.25, 0.3) is 0 Å². The Bertz CT molecular complexity index is 86.9. The molecule has 0 radical (unpaired) electrons. The predicted octanol–water partition coefficient (Wildman–Crippen LogP) is 3.70. The molecule has 0 heterocycles. The molecule has 0 aliphatic heterocycles. The zero-order valence-electron chi connectivity index (χ0n) is 6.31. The second-order valence-electron chi connectivity index (χ2n) is 1.82. The van der Waals surface area contributed by atoms with Gasteiger partial charge in [-0.05, 0) is 18.8 Å². The van der Waals surface area contributed by atoms with Crippen LogP contribution >= 0.6 is 21.6 Å². The summed E-state index contributed by atoms with van der Waals surface area (Å²) in [5.41, 5.74) is 1.47. The molecule has 2 heteroatoms. The molecule has 0 aliphatic rings. The molecule has 0 unspecified atom stereocenters. The zero-order chi connectivity index (χ0) is 7.11. The van der Waals surface area contributed by atoms with Crippen molar-refractivity contribution >= 4 is 21.6 Å². The molecular formula is C7H14S2. The van der Waals surface area contributed by atoms with E-state index in [9.17, 15) is 0 Å². The van der Waals surface area contributed by atoms with Crippen LogP contribution in [0.25, 0.3) is 0 Å². The fraction of sp³-hybridized carbons (Fsp3) is 0.714. The highest BCUT2D eigenvalue weighted by Crippen LogP contribution is 2.23. The summed E-state index contributed by atoms with van der Waals surface area (Å²) in [7, 11) is 3.73. The highest BCUT2D eigenvalue weighted by atomic mass is 33.1. The molecule has 0 amide bonds. The van der Waals surface area contributed by atoms with Gasteiger partial charge in [-0.1, -0.05) is 41.0 Å². The Balaban J connectivity index is 3.21. The summed E-state index contributed by atoms with van der Waals surface area (Å²) in [4.78, 5) is 0. The van der Waals surface area contributed by atoms with Crippen molar-refractivity contribution in [2.45, 2.75) is 27.2 Å². The average Bonchev–Trinajstić information content (AvgIpc) is 1.89. The molecule has 0 saturated heterocycles. The van der Waals surface area contributed by atoms with Gasteiger partial charge in [0, 0.05) is 5.75 Å². The zero-order valence-corrected chi connectivity index (χ0v) is 7.94. The van der Waals surface area contributed by atoms with E-state index in [4.69, 9.17) is 0 Å². The van der Waals surface area contributed by atoms with E-state index in [1.54, 1.807) is 0 Å². The molecule has 9 heavy (non-hydrogen) atoms. The summed E-state index contributed by atoms with van der Waals surface area (Å²) in [6.07, 6.45) is 1.18. The van der Waals surface area contributed by atoms with Gasteiger partial charge in [-0.15, -0.1) is 0 Å². The highest BCUT2D eigenvalue weighted by molar-refractivity contribution is 8.77. The number of allylic oxidation sites excluding steroid dienone is 1. The van der Waals surface area contributed by atoms with Crippen LogP contribution in [0.1, 0.15) is 27.2 Å². The third-order valence-electron chi connectivity index (χ3n) is 0.993. The lowest BCUT2D eigenvalue weighted by molar-refractivity contribution is 1.11. The van der Waals surface area contributed by atoms with Gasteiger partial charge >= 0.3 is 0 Å². The SMILES string of the molecule is CCSS/C=C(\C)CC. The van der Waals surface area contributed by atoms with Crippen molar-refractivity contribution in [2.24, 2.45) is 0 Å². The maximum Gasteiger partial charge on any atom is 0.00117 e. The first-order chi connectivity index (χ1) is 4.31. The molecule has 54 valence electrons. The number of hydrogen-bond acceptors (Lipinski definition) is 2. The van der Waals surface area contributed by atoms with Gasteiger partial charge in [-0.3, -0.25) is 0 Å². The highest BCUT2D eigenvalue weighted by Gasteiger charge is 1.83. The van der Waals surface area contributed by atoms with Gasteiger partial charge in [0.15, 0.2) is 0 Å². The first kappa shape index (κ1) is 9.44. The van der Waals surface area contributed by atoms with Crippen LogP contribution in [0.15, 0.2) is 11.0 Å². The van der Waals surface area contributed by atoms with E-state index in [-0.39, 0.29) is 0 Å². The van der Waals surface area contributed by atoms with Crippen molar-refractivity contribution in [3.05, 3.63) is 11.0 Å². The van der Waals surface area contributed by atoms with Gasteiger partial charge < -0.3 is 0 Å². The molecule has 0 rings (SSSR count). The molecule has 0 aromatic heterocycles. The van der Waals surface area contributed by atoms with Crippen LogP contribution in [0.5, 0.6) is 0 Å². The first-order valence-electron chi connectivity index (χ1n) is 3.25. The molecule has 0 atom stereocenters. The van der Waals surface area contributed by atoms with Gasteiger partial charge in [0.05, 0.1) is 0 Å². The average molecular weight is 162 g/mol. The van der Waals surface area contributed by atoms with Crippen molar-refractivity contribution in [3.63, 3.8) is 0 Å². The Hall–Kier alpha value is 0.440. The van der Waals surface area contributed by atoms with Crippen LogP contribution in [0.3, 0.4) is 0 Å². The summed E-state index contributed by atoms with van der Waals surface area (Å²) in [6, 6.07) is 0. The summed E-state index contributed by atoms with van der Waals surface area (Å²) < 4.78 is 0. The first-order valence-corrected chi connectivity index (χ1v) is 5.63. The minimum atomic E-state index is 1.18. The van der Waals surface area contributed by atoms with Crippen LogP contribution in [0, 0.1) is 0 Å². The minimum Gasteiger partial charge on any atom is -0.0898 e. The topological polar surface area (TPSA) is 0 Å². The molecule has 0 aromatic rings. The van der Waals surface area contributed by atoms with E-state index in [1.807, 2.05) is 21.6 Å². The van der Waals surface area contributed by atoms with Gasteiger partial charge in [-0.25, -0.2) is 0 Å². The summed E-state index contributed by atoms with van der Waals surface area (Å²) in [6.45, 7) is 6.53. The largest absolute Gasteiger partial charge is 0.0898 e. The quantitative estimate of drug-likeness (QED) is 0.456. The molecule has 0 saturated carbocycles. The van der Waals surface area contributed by atoms with Crippen LogP contribution in [0.4, 0.5) is 0 Å². The summed E-state index contributed by atoms with van der Waals surface area (Å²) >= 11 is 0. The molecule has 0 fully saturated rings. The smallest absolute Gasteiger partial charge is 0.00117 e. The lowest BCUT2D eigenvalue weighted by Gasteiger charge is -1.92. The lowest BCUT2D eigenvalue weighted by atomic mass is 10.3. The summed E-state index contributed by atoms with van der Waals surface area (Å²) in [5.74, 6) is 1.19. The van der Waals surface area contributed by atoms with Crippen molar-refractivity contribution in [2.75, 3.05) is 5.75 Å². The normalized spacial score (nSPS) is 12.1. The fourth-order valence-corrected chi connectivity index (χ4v) is 1.91. The Labute approximate surface area is 65.9 Å². The molecule has 0 spiro atoms. The van der Waals surface area contributed by atoms with Crippen LogP contribution in [-0.2, 0) is 0 Å². The Morgan fingerprint density at radius 2 is 2.11 bits per heavy atom. The fourth-order valence-electron chi connectivity index (χ4n) is 0.268. The van der Waals surface area contributed by atoms with Crippen molar-refractivity contribution in [3.8, 4) is 0 Å². The Kier molecular flexibility index (Phi) is 6.88. The summed E-state index contributed by atoms with van der Waals surface area (Å²) in [5, 5.41) is 2.23. The van der Waals surface area contributed by atoms with Crippen molar-refractivity contribution in [1.82, 2.24) is 0 Å². The Morgan fingerprint density at radius 1 is 1.44 bits per heavy atom. The maximum absolute atomic E-state index is 2.23. The van der Waals surface area contributed by atoms with Gasteiger partial charge in [0.1, 0.15) is 0 Å². The lowest BCUT2D eigenvalue weighted by Crippen LogP contribution is -1.65. The standard InChI is InChI=1S/C7H14S2/c1-4-7(3)6-9-8-5-2/h6H,4-5H2,1-3H3/b7-6+. The molecule has 0 aromatic carbocycles. The van der Waals surface area contributed by atoms with Crippen molar-refractivity contribution < 1.29 is 0 Å². The third kappa shape index (κ3) is 6.32. The molecule has 0 aliphatic carbocycles. The second-order valence-corrected chi connectivity index (χ2v) is 4.35. The minimum absolute atomic E-state index is 1.18. The number of hydrogen-bond donors (Lipinski definition) is 0. The predicted molar refractivity (Wildman–Crippen MR) is 49.8 cm³/mol. The van der Waals surface area contributed by atoms with Crippen LogP contribution in [-0.4, -0.2) is 5.75 Å². The van der Waals surface area contributed by atoms with E-state index in [2.05, 4.69) is 26.2 Å². The van der Waals surface area contributed by atoms with Gasteiger partial charge in [0.2, 0.25) is 0 Å². The van der Waals surface area contributed by atoms with E-state index >= 15 is 0 Å². The molecule has 0 bridgehead atoms. The van der Waals surface area contributed by atoms with E-state index in [1.165, 1.54) is 17.7 Å². The van der Waals surface area contributed by atoms with Crippen LogP contribution in [0.2, 0.25) is 0 Å². The molecule has 0 nitrogen and oxygen atoms in total. The van der Waals surface area contributed by atoms with E-state index < -0.39 is 0 Å². The van der Waals surface area contributed by atoms with Crippen LogP contribution < -0.4 is 0 Å². The van der Waals surface area contributed by atoms with E-state index in [0.29, 0.717) is 0 Å².